The number of aliphatic carboxylic acids is 1. The minimum absolute atomic E-state index is 0.0335. The van der Waals surface area contributed by atoms with Gasteiger partial charge in [0, 0.05) is 30.9 Å². The zero-order valence-electron chi connectivity index (χ0n) is 22.7. The van der Waals surface area contributed by atoms with Crippen molar-refractivity contribution in [2.24, 2.45) is 5.92 Å². The van der Waals surface area contributed by atoms with Crippen LogP contribution in [0.25, 0.3) is 22.6 Å². The number of nitrogens with zero attached hydrogens (tertiary/aromatic N) is 1. The molecule has 0 spiro atoms. The normalized spacial score (nSPS) is 13.0. The molecule has 40 heavy (non-hydrogen) atoms. The van der Waals surface area contributed by atoms with Crippen molar-refractivity contribution in [3.63, 3.8) is 0 Å². The van der Waals surface area contributed by atoms with E-state index in [1.54, 1.807) is 0 Å². The van der Waals surface area contributed by atoms with E-state index in [1.807, 2.05) is 55.5 Å². The lowest BCUT2D eigenvalue weighted by atomic mass is 9.85. The lowest BCUT2D eigenvalue weighted by molar-refractivity contribution is -0.137. The van der Waals surface area contributed by atoms with E-state index in [0.29, 0.717) is 37.6 Å². The molecule has 7 heteroatoms. The number of nitrogens with one attached hydrogen (secondary N) is 1. The Kier molecular flexibility index (Phi) is 8.59. The number of aryl methyl sites for hydroxylation is 2. The first-order valence-electron chi connectivity index (χ1n) is 13.8. The van der Waals surface area contributed by atoms with Crippen molar-refractivity contribution < 1.29 is 23.8 Å². The quantitative estimate of drug-likeness (QED) is 0.217. The maximum Gasteiger partial charge on any atom is 0.303 e. The number of hydrogen-bond donors (Lipinski definition) is 2. The third kappa shape index (κ3) is 6.78. The van der Waals surface area contributed by atoms with Crippen molar-refractivity contribution in [2.75, 3.05) is 6.61 Å². The molecule has 0 atom stereocenters. The summed E-state index contributed by atoms with van der Waals surface area (Å²) in [6.45, 7) is 2.67. The van der Waals surface area contributed by atoms with Gasteiger partial charge in [0.05, 0.1) is 12.3 Å². The summed E-state index contributed by atoms with van der Waals surface area (Å²) in [6, 6.07) is 24.0. The lowest BCUT2D eigenvalue weighted by Gasteiger charge is -2.24. The lowest BCUT2D eigenvalue weighted by Crippen LogP contribution is -2.34. The van der Waals surface area contributed by atoms with Gasteiger partial charge in [0.2, 0.25) is 11.8 Å². The number of oxazole rings is 1. The summed E-state index contributed by atoms with van der Waals surface area (Å²) in [5, 5.41) is 12.1. The number of carbonyl (C=O) groups is 2. The van der Waals surface area contributed by atoms with Crippen molar-refractivity contribution in [3.05, 3.63) is 95.4 Å². The van der Waals surface area contributed by atoms with Gasteiger partial charge in [0.15, 0.2) is 0 Å². The molecule has 2 N–H and O–H groups in total. The van der Waals surface area contributed by atoms with E-state index in [-0.39, 0.29) is 18.2 Å². The third-order valence-electron chi connectivity index (χ3n) is 7.43. The molecule has 1 fully saturated rings. The van der Waals surface area contributed by atoms with E-state index in [2.05, 4.69) is 29.6 Å². The zero-order chi connectivity index (χ0) is 27.9. The Hall–Kier alpha value is -4.39. The second-order valence-corrected chi connectivity index (χ2v) is 10.2. The van der Waals surface area contributed by atoms with Crippen LogP contribution < -0.4 is 10.1 Å². The van der Waals surface area contributed by atoms with Crippen LogP contribution in [0.4, 0.5) is 0 Å². The van der Waals surface area contributed by atoms with Crippen LogP contribution in [0.1, 0.15) is 48.3 Å². The predicted molar refractivity (Wildman–Crippen MR) is 153 cm³/mol. The highest BCUT2D eigenvalue weighted by molar-refractivity contribution is 5.79. The van der Waals surface area contributed by atoms with E-state index in [1.165, 1.54) is 0 Å². The van der Waals surface area contributed by atoms with Crippen molar-refractivity contribution in [1.29, 1.82) is 0 Å². The summed E-state index contributed by atoms with van der Waals surface area (Å²) >= 11 is 0. The predicted octanol–water partition coefficient (Wildman–Crippen LogP) is 6.37. The van der Waals surface area contributed by atoms with Crippen molar-refractivity contribution in [2.45, 2.75) is 52.0 Å². The van der Waals surface area contributed by atoms with Crippen molar-refractivity contribution in [3.8, 4) is 28.3 Å². The summed E-state index contributed by atoms with van der Waals surface area (Å²) in [5.74, 6) is 1.32. The van der Waals surface area contributed by atoms with E-state index in [0.717, 1.165) is 58.5 Å². The second-order valence-electron chi connectivity index (χ2n) is 10.2. The number of carboxylic acid groups (broad SMARTS) is 1. The SMILES string of the molecule is Cc1oc(-c2cccc(-c3ccccc3)c2)nc1CCOc1ccc(CCC(=O)O)c(CNC(=O)C2CCC2)c1. The Balaban J connectivity index is 1.23. The fourth-order valence-corrected chi connectivity index (χ4v) is 4.85. The smallest absolute Gasteiger partial charge is 0.303 e. The molecule has 0 aliphatic heterocycles. The first-order valence-corrected chi connectivity index (χ1v) is 13.8. The monoisotopic (exact) mass is 538 g/mol. The molecule has 5 rings (SSSR count). The average molecular weight is 539 g/mol. The number of amides is 1. The van der Waals surface area contributed by atoms with Crippen LogP contribution in [0.3, 0.4) is 0 Å². The van der Waals surface area contributed by atoms with Gasteiger partial charge >= 0.3 is 5.97 Å². The number of hydrogen-bond acceptors (Lipinski definition) is 5. The average Bonchev–Trinajstić information content (AvgIpc) is 3.31. The van der Waals surface area contributed by atoms with Gasteiger partial charge in [-0.1, -0.05) is 55.0 Å². The minimum Gasteiger partial charge on any atom is -0.493 e. The molecule has 1 aromatic heterocycles. The molecule has 1 heterocycles. The largest absolute Gasteiger partial charge is 0.493 e. The molecular formula is C33H34N2O5. The molecule has 0 unspecified atom stereocenters. The highest BCUT2D eigenvalue weighted by atomic mass is 16.5. The Morgan fingerprint density at radius 2 is 1.73 bits per heavy atom. The van der Waals surface area contributed by atoms with E-state index in [9.17, 15) is 9.59 Å². The molecule has 0 saturated heterocycles. The summed E-state index contributed by atoms with van der Waals surface area (Å²) < 4.78 is 12.1. The molecule has 0 bridgehead atoms. The van der Waals surface area contributed by atoms with Crippen molar-refractivity contribution >= 4 is 11.9 Å². The molecular weight excluding hydrogens is 504 g/mol. The Bertz CT molecular complexity index is 1470. The maximum absolute atomic E-state index is 12.4. The Morgan fingerprint density at radius 3 is 2.48 bits per heavy atom. The number of carbonyl (C=O) groups excluding carboxylic acids is 1. The molecule has 1 saturated carbocycles. The van der Waals surface area contributed by atoms with Gasteiger partial charge < -0.3 is 19.6 Å². The summed E-state index contributed by atoms with van der Waals surface area (Å²) in [5.41, 5.74) is 5.78. The van der Waals surface area contributed by atoms with Crippen LogP contribution in [0.5, 0.6) is 5.75 Å². The van der Waals surface area contributed by atoms with Crippen LogP contribution in [-0.4, -0.2) is 28.6 Å². The zero-order valence-corrected chi connectivity index (χ0v) is 22.7. The number of benzene rings is 3. The third-order valence-corrected chi connectivity index (χ3v) is 7.43. The number of carboxylic acids is 1. The summed E-state index contributed by atoms with van der Waals surface area (Å²) in [7, 11) is 0. The van der Waals surface area contributed by atoms with Gasteiger partial charge in [-0.05, 0) is 72.7 Å². The van der Waals surface area contributed by atoms with Crippen LogP contribution >= 0.6 is 0 Å². The fraction of sp³-hybridized carbons (Fsp3) is 0.303. The molecule has 1 aliphatic carbocycles. The highest BCUT2D eigenvalue weighted by Gasteiger charge is 2.25. The standard InChI is InChI=1S/C33H34N2O5/c1-22-30(35-33(40-22)27-12-6-11-26(19-27)23-7-3-2-4-8-23)17-18-39-29-15-13-24(14-16-31(36)37)28(20-29)21-34-32(38)25-9-5-10-25/h2-4,6-8,11-13,15,19-20,25H,5,9-10,14,16-18,21H2,1H3,(H,34,38)(H,36,37). The van der Waals surface area contributed by atoms with Crippen LogP contribution in [-0.2, 0) is 29.0 Å². The van der Waals surface area contributed by atoms with Gasteiger partial charge in [-0.3, -0.25) is 9.59 Å². The number of ether oxygens (including phenoxy) is 1. The van der Waals surface area contributed by atoms with Gasteiger partial charge in [-0.15, -0.1) is 0 Å². The van der Waals surface area contributed by atoms with E-state index in [4.69, 9.17) is 19.2 Å². The van der Waals surface area contributed by atoms with Crippen LogP contribution in [0.2, 0.25) is 0 Å². The number of aromatic nitrogens is 1. The van der Waals surface area contributed by atoms with Crippen molar-refractivity contribution in [1.82, 2.24) is 10.3 Å². The summed E-state index contributed by atoms with van der Waals surface area (Å²) in [6.07, 6.45) is 3.97. The minimum atomic E-state index is -0.848. The van der Waals surface area contributed by atoms with Gasteiger partial charge in [-0.25, -0.2) is 4.98 Å². The Morgan fingerprint density at radius 1 is 0.950 bits per heavy atom. The second kappa shape index (κ2) is 12.6. The number of rotatable bonds is 12. The molecule has 3 aromatic carbocycles. The molecule has 4 aromatic rings. The van der Waals surface area contributed by atoms with E-state index < -0.39 is 5.97 Å². The molecule has 0 radical (unpaired) electrons. The van der Waals surface area contributed by atoms with Crippen LogP contribution in [0.15, 0.2) is 77.2 Å². The molecule has 206 valence electrons. The van der Waals surface area contributed by atoms with Gasteiger partial charge in [0.25, 0.3) is 0 Å². The molecule has 7 nitrogen and oxygen atoms in total. The molecule has 1 amide bonds. The molecule has 1 aliphatic rings. The van der Waals surface area contributed by atoms with Crippen LogP contribution in [0, 0.1) is 12.8 Å². The van der Waals surface area contributed by atoms with Gasteiger partial charge in [-0.2, -0.15) is 0 Å². The first kappa shape index (κ1) is 27.2. The topological polar surface area (TPSA) is 102 Å². The fourth-order valence-electron chi connectivity index (χ4n) is 4.85. The summed E-state index contributed by atoms with van der Waals surface area (Å²) in [4.78, 5) is 28.2. The van der Waals surface area contributed by atoms with E-state index >= 15 is 0 Å². The first-order chi connectivity index (χ1) is 19.5. The Labute approximate surface area is 234 Å². The van der Waals surface area contributed by atoms with Gasteiger partial charge in [0.1, 0.15) is 11.5 Å². The highest BCUT2D eigenvalue weighted by Crippen LogP contribution is 2.28. The maximum atomic E-state index is 12.4.